The summed E-state index contributed by atoms with van der Waals surface area (Å²) in [5, 5.41) is 2.35. The second-order valence-electron chi connectivity index (χ2n) is 21.5. The average Bonchev–Trinajstić information content (AvgIpc) is 3.87. The summed E-state index contributed by atoms with van der Waals surface area (Å²) in [6.45, 7) is 23.7. The van der Waals surface area contributed by atoms with Crippen molar-refractivity contribution in [3.63, 3.8) is 0 Å². The Labute approximate surface area is 397 Å². The maximum atomic E-state index is 6.83. The molecule has 0 N–H and O–H groups in total. The van der Waals surface area contributed by atoms with Crippen molar-refractivity contribution in [2.45, 2.75) is 90.9 Å². The van der Waals surface area contributed by atoms with Crippen LogP contribution in [0.15, 0.2) is 182 Å². The van der Waals surface area contributed by atoms with E-state index in [4.69, 9.17) is 9.72 Å². The molecule has 0 spiro atoms. The number of hydrogen-bond donors (Lipinski definition) is 0. The summed E-state index contributed by atoms with van der Waals surface area (Å²) in [5.41, 5.74) is 13.9. The minimum absolute atomic E-state index is 0.0109. The Kier molecular flexibility index (Phi) is 10.7. The van der Waals surface area contributed by atoms with Crippen molar-refractivity contribution in [3.05, 3.63) is 216 Å². The second-order valence-corrected chi connectivity index (χ2v) is 21.5. The quantitative estimate of drug-likeness (QED) is 0.145. The van der Waals surface area contributed by atoms with E-state index >= 15 is 0 Å². The van der Waals surface area contributed by atoms with Gasteiger partial charge < -0.3 is 14.5 Å². The van der Waals surface area contributed by atoms with Crippen LogP contribution in [-0.2, 0) is 21.7 Å². The molecule has 0 bridgehead atoms. The first-order valence-corrected chi connectivity index (χ1v) is 23.7. The monoisotopic (exact) mass is 878 g/mol. The molecule has 7 aromatic carbocycles. The Balaban J connectivity index is 1.06. The van der Waals surface area contributed by atoms with Gasteiger partial charge in [0.05, 0.1) is 22.4 Å². The number of nitrogens with zero attached hydrogens (tertiary/aromatic N) is 4. The molecule has 5 nitrogen and oxygen atoms in total. The fourth-order valence-corrected chi connectivity index (χ4v) is 9.82. The maximum Gasteiger partial charge on any atom is 0.137 e. The van der Waals surface area contributed by atoms with Crippen LogP contribution in [0.25, 0.3) is 27.6 Å². The molecule has 0 atom stereocenters. The molecule has 0 radical (unpaired) electrons. The molecule has 5 heteroatoms. The fourth-order valence-electron chi connectivity index (χ4n) is 9.82. The van der Waals surface area contributed by atoms with Crippen molar-refractivity contribution < 1.29 is 4.74 Å². The summed E-state index contributed by atoms with van der Waals surface area (Å²) < 4.78 is 9.10. The molecule has 9 aromatic rings. The van der Waals surface area contributed by atoms with Gasteiger partial charge in [-0.3, -0.25) is 4.57 Å². The first-order valence-electron chi connectivity index (χ1n) is 23.7. The molecule has 2 aromatic heterocycles. The SMILES string of the molecule is CC(C)(C)c1ccnc(-n2c3ccccc3c3ccc(Oc4cccc(N5CN(c6cc(C(C)(C)c7ccccc7)cc(C(C)(C)c7ccccc7)c6)c6cc(C(C)(C)C)ccc65)c4)cc32)c1. The summed E-state index contributed by atoms with van der Waals surface area (Å²) in [4.78, 5) is 9.85. The lowest BCUT2D eigenvalue weighted by Gasteiger charge is -2.33. The molecule has 0 amide bonds. The van der Waals surface area contributed by atoms with Crippen LogP contribution < -0.4 is 14.5 Å². The lowest BCUT2D eigenvalue weighted by atomic mass is 9.73. The highest BCUT2D eigenvalue weighted by atomic mass is 16.5. The van der Waals surface area contributed by atoms with Gasteiger partial charge in [0, 0.05) is 51.3 Å². The maximum absolute atomic E-state index is 6.83. The van der Waals surface area contributed by atoms with Crippen LogP contribution in [0.5, 0.6) is 11.5 Å². The zero-order valence-electron chi connectivity index (χ0n) is 40.7. The summed E-state index contributed by atoms with van der Waals surface area (Å²) in [6, 6.07) is 64.1. The zero-order chi connectivity index (χ0) is 46.9. The van der Waals surface area contributed by atoms with Gasteiger partial charge in [0.2, 0.25) is 0 Å². The molecule has 1 aliphatic rings. The summed E-state index contributed by atoms with van der Waals surface area (Å²) >= 11 is 0. The summed E-state index contributed by atoms with van der Waals surface area (Å²) in [5.74, 6) is 2.44. The highest BCUT2D eigenvalue weighted by Crippen LogP contribution is 2.49. The van der Waals surface area contributed by atoms with Crippen molar-refractivity contribution in [3.8, 4) is 17.3 Å². The molecular formula is C62H62N4O. The van der Waals surface area contributed by atoms with Crippen molar-refractivity contribution >= 4 is 44.6 Å². The number of rotatable bonds is 9. The van der Waals surface area contributed by atoms with E-state index in [1.807, 2.05) is 6.20 Å². The van der Waals surface area contributed by atoms with Gasteiger partial charge in [-0.1, -0.05) is 166 Å². The number of benzene rings is 7. The molecular weight excluding hydrogens is 817 g/mol. The van der Waals surface area contributed by atoms with Gasteiger partial charge >= 0.3 is 0 Å². The minimum atomic E-state index is -0.246. The topological polar surface area (TPSA) is 33.5 Å². The Morgan fingerprint density at radius 1 is 0.403 bits per heavy atom. The Bertz CT molecular complexity index is 3210. The highest BCUT2D eigenvalue weighted by molar-refractivity contribution is 6.09. The third kappa shape index (κ3) is 8.05. The van der Waals surface area contributed by atoms with Gasteiger partial charge in [-0.05, 0) is 111 Å². The van der Waals surface area contributed by atoms with E-state index < -0.39 is 0 Å². The summed E-state index contributed by atoms with van der Waals surface area (Å²) in [6.07, 6.45) is 1.93. The molecule has 0 fully saturated rings. The summed E-state index contributed by atoms with van der Waals surface area (Å²) in [7, 11) is 0. The highest BCUT2D eigenvalue weighted by Gasteiger charge is 2.34. The predicted molar refractivity (Wildman–Crippen MR) is 282 cm³/mol. The Hall–Kier alpha value is -7.11. The molecule has 1 aliphatic heterocycles. The fraction of sp³-hybridized carbons (Fsp3) is 0.242. The second kappa shape index (κ2) is 16.3. The van der Waals surface area contributed by atoms with Gasteiger partial charge in [-0.2, -0.15) is 0 Å². The van der Waals surface area contributed by atoms with Crippen LogP contribution in [0, 0.1) is 0 Å². The first kappa shape index (κ1) is 43.8. The van der Waals surface area contributed by atoms with Crippen LogP contribution >= 0.6 is 0 Å². The van der Waals surface area contributed by atoms with Gasteiger partial charge in [-0.25, -0.2) is 4.98 Å². The standard InChI is InChI=1S/C62H62N4O/c1-59(2,3)44-28-31-55-57(37-44)65(49-35-46(61(7,8)42-20-13-11-14-21-42)34-47(36-49)62(9,10)43-22-15-12-16-23-43)41-64(55)48-24-19-25-50(39-48)67-51-29-30-53-52-26-17-18-27-54(52)66(56(53)40-51)58-38-45(32-33-63-58)60(4,5)6/h11-40H,41H2,1-10H3. The van der Waals surface area contributed by atoms with Gasteiger partial charge in [0.1, 0.15) is 24.0 Å². The van der Waals surface area contributed by atoms with Crippen molar-refractivity contribution in [1.29, 1.82) is 0 Å². The third-order valence-electron chi connectivity index (χ3n) is 14.2. The lowest BCUT2D eigenvalue weighted by Crippen LogP contribution is -2.27. The largest absolute Gasteiger partial charge is 0.457 e. The van der Waals surface area contributed by atoms with E-state index in [2.05, 4.69) is 260 Å². The Morgan fingerprint density at radius 3 is 1.64 bits per heavy atom. The molecule has 3 heterocycles. The number of hydrogen-bond acceptors (Lipinski definition) is 4. The smallest absolute Gasteiger partial charge is 0.137 e. The molecule has 336 valence electrons. The van der Waals surface area contributed by atoms with Crippen LogP contribution in [0.1, 0.15) is 103 Å². The van der Waals surface area contributed by atoms with E-state index in [0.717, 1.165) is 45.1 Å². The van der Waals surface area contributed by atoms with Crippen molar-refractivity contribution in [2.24, 2.45) is 0 Å². The minimum Gasteiger partial charge on any atom is -0.457 e. The number of pyridine rings is 1. The predicted octanol–water partition coefficient (Wildman–Crippen LogP) is 16.5. The van der Waals surface area contributed by atoms with Crippen LogP contribution in [0.2, 0.25) is 0 Å². The molecule has 67 heavy (non-hydrogen) atoms. The lowest BCUT2D eigenvalue weighted by molar-refractivity contribution is 0.483. The van der Waals surface area contributed by atoms with Gasteiger partial charge in [-0.15, -0.1) is 0 Å². The van der Waals surface area contributed by atoms with E-state index in [-0.39, 0.29) is 21.7 Å². The Morgan fingerprint density at radius 2 is 0.985 bits per heavy atom. The first-order chi connectivity index (χ1) is 32.0. The molecule has 0 saturated carbocycles. The molecule has 0 aliphatic carbocycles. The van der Waals surface area contributed by atoms with Gasteiger partial charge in [0.25, 0.3) is 0 Å². The van der Waals surface area contributed by atoms with Gasteiger partial charge in [0.15, 0.2) is 0 Å². The third-order valence-corrected chi connectivity index (χ3v) is 14.2. The van der Waals surface area contributed by atoms with Crippen LogP contribution in [-0.4, -0.2) is 16.2 Å². The van der Waals surface area contributed by atoms with E-state index in [0.29, 0.717) is 6.67 Å². The van der Waals surface area contributed by atoms with E-state index in [1.165, 1.54) is 50.1 Å². The zero-order valence-corrected chi connectivity index (χ0v) is 40.7. The van der Waals surface area contributed by atoms with Crippen molar-refractivity contribution in [2.75, 3.05) is 16.5 Å². The molecule has 0 saturated heterocycles. The van der Waals surface area contributed by atoms with Crippen molar-refractivity contribution in [1.82, 2.24) is 9.55 Å². The number of para-hydroxylation sites is 1. The molecule has 0 unspecified atom stereocenters. The normalized spacial score (nSPS) is 13.4. The van der Waals surface area contributed by atoms with E-state index in [1.54, 1.807) is 0 Å². The number of ether oxygens (including phenoxy) is 1. The average molecular weight is 879 g/mol. The van der Waals surface area contributed by atoms with Crippen LogP contribution in [0.4, 0.5) is 22.7 Å². The number of anilines is 4. The van der Waals surface area contributed by atoms with Crippen LogP contribution in [0.3, 0.4) is 0 Å². The number of aromatic nitrogens is 2. The number of fused-ring (bicyclic) bond motifs is 4. The molecule has 10 rings (SSSR count). The van der Waals surface area contributed by atoms with E-state index in [9.17, 15) is 0 Å².